The monoisotopic (exact) mass is 358 g/mol. The van der Waals surface area contributed by atoms with Crippen molar-refractivity contribution in [3.8, 4) is 0 Å². The van der Waals surface area contributed by atoms with Crippen LogP contribution in [0.5, 0.6) is 0 Å². The molecule has 0 aliphatic heterocycles. The van der Waals surface area contributed by atoms with Crippen molar-refractivity contribution in [3.05, 3.63) is 59.5 Å². The van der Waals surface area contributed by atoms with E-state index in [-0.39, 0.29) is 0 Å². The molecule has 2 aromatic heterocycles. The summed E-state index contributed by atoms with van der Waals surface area (Å²) in [6, 6.07) is 9.99. The van der Waals surface area contributed by atoms with E-state index in [9.17, 15) is 5.11 Å². The van der Waals surface area contributed by atoms with Crippen LogP contribution in [0.1, 0.15) is 12.5 Å². The summed E-state index contributed by atoms with van der Waals surface area (Å²) in [4.78, 5) is 8.58. The number of aliphatic hydroxyl groups excluding tert-OH is 1. The average molecular weight is 359 g/mol. The van der Waals surface area contributed by atoms with Crippen LogP contribution >= 0.6 is 11.6 Å². The highest BCUT2D eigenvalue weighted by Gasteiger charge is 2.07. The molecule has 0 bridgehead atoms. The van der Waals surface area contributed by atoms with E-state index in [4.69, 9.17) is 11.6 Å². The third-order valence-electron chi connectivity index (χ3n) is 3.39. The largest absolute Gasteiger partial charge is 0.391 e. The molecule has 2 heterocycles. The highest BCUT2D eigenvalue weighted by Crippen LogP contribution is 2.22. The Hall–Kier alpha value is -2.64. The standard InChI is InChI=1S/C17H19ClN6O/c1-12(25)10-24-11-14(8-21-24)22-17-20-9-15(18)16(23-17)19-7-13-5-3-2-4-6-13/h2-6,8-9,11-12,25H,7,10H2,1H3,(H2,19,20,22,23). The van der Waals surface area contributed by atoms with Gasteiger partial charge in [-0.05, 0) is 12.5 Å². The second kappa shape index (κ2) is 7.96. The molecule has 3 N–H and O–H groups in total. The molecule has 0 amide bonds. The second-order valence-corrected chi connectivity index (χ2v) is 6.06. The van der Waals surface area contributed by atoms with Crippen molar-refractivity contribution in [1.29, 1.82) is 0 Å². The number of hydrogen-bond acceptors (Lipinski definition) is 6. The topological polar surface area (TPSA) is 87.9 Å². The predicted octanol–water partition coefficient (Wildman–Crippen LogP) is 3.06. The summed E-state index contributed by atoms with van der Waals surface area (Å²) in [5.41, 5.74) is 1.86. The Kier molecular flexibility index (Phi) is 5.47. The number of rotatable bonds is 7. The third kappa shape index (κ3) is 4.91. The molecule has 3 rings (SSSR count). The summed E-state index contributed by atoms with van der Waals surface area (Å²) in [5.74, 6) is 0.968. The Morgan fingerprint density at radius 2 is 2.04 bits per heavy atom. The van der Waals surface area contributed by atoms with Crippen LogP contribution in [0.4, 0.5) is 17.5 Å². The molecule has 0 fully saturated rings. The molecule has 0 saturated heterocycles. The molecule has 1 atom stereocenters. The Bertz CT molecular complexity index is 821. The van der Waals surface area contributed by atoms with Crippen molar-refractivity contribution in [3.63, 3.8) is 0 Å². The maximum Gasteiger partial charge on any atom is 0.229 e. The molecule has 0 aliphatic carbocycles. The fourth-order valence-corrected chi connectivity index (χ4v) is 2.42. The van der Waals surface area contributed by atoms with Crippen molar-refractivity contribution < 1.29 is 5.11 Å². The van der Waals surface area contributed by atoms with Gasteiger partial charge in [0.2, 0.25) is 5.95 Å². The molecule has 0 radical (unpaired) electrons. The lowest BCUT2D eigenvalue weighted by Crippen LogP contribution is -2.11. The van der Waals surface area contributed by atoms with Gasteiger partial charge in [-0.3, -0.25) is 4.68 Å². The molecule has 0 aliphatic rings. The second-order valence-electron chi connectivity index (χ2n) is 5.65. The van der Waals surface area contributed by atoms with Crippen LogP contribution in [-0.4, -0.2) is 31.0 Å². The van der Waals surface area contributed by atoms with Gasteiger partial charge in [-0.25, -0.2) is 4.98 Å². The van der Waals surface area contributed by atoms with Crippen molar-refractivity contribution in [2.75, 3.05) is 10.6 Å². The van der Waals surface area contributed by atoms with Crippen molar-refractivity contribution in [2.45, 2.75) is 26.1 Å². The van der Waals surface area contributed by atoms with Gasteiger partial charge in [0.25, 0.3) is 0 Å². The fourth-order valence-electron chi connectivity index (χ4n) is 2.26. The molecule has 8 heteroatoms. The smallest absolute Gasteiger partial charge is 0.229 e. The number of anilines is 3. The van der Waals surface area contributed by atoms with Gasteiger partial charge in [-0.1, -0.05) is 41.9 Å². The van der Waals surface area contributed by atoms with Gasteiger partial charge in [0.05, 0.1) is 30.7 Å². The van der Waals surface area contributed by atoms with E-state index in [0.717, 1.165) is 11.3 Å². The summed E-state index contributed by atoms with van der Waals surface area (Å²) in [6.07, 6.45) is 4.51. The average Bonchev–Trinajstić information content (AvgIpc) is 3.02. The molecular formula is C17H19ClN6O. The zero-order valence-electron chi connectivity index (χ0n) is 13.7. The van der Waals surface area contributed by atoms with Gasteiger partial charge in [0, 0.05) is 12.7 Å². The lowest BCUT2D eigenvalue weighted by atomic mass is 10.2. The first-order valence-electron chi connectivity index (χ1n) is 7.88. The van der Waals surface area contributed by atoms with Gasteiger partial charge < -0.3 is 15.7 Å². The number of halogens is 1. The van der Waals surface area contributed by atoms with Crippen molar-refractivity contribution in [1.82, 2.24) is 19.7 Å². The van der Waals surface area contributed by atoms with E-state index in [1.54, 1.807) is 30.2 Å². The van der Waals surface area contributed by atoms with E-state index in [1.807, 2.05) is 30.3 Å². The zero-order chi connectivity index (χ0) is 17.6. The van der Waals surface area contributed by atoms with Crippen LogP contribution < -0.4 is 10.6 Å². The van der Waals surface area contributed by atoms with Gasteiger partial charge in [0.1, 0.15) is 5.02 Å². The third-order valence-corrected chi connectivity index (χ3v) is 3.66. The van der Waals surface area contributed by atoms with Gasteiger partial charge in [-0.2, -0.15) is 10.1 Å². The minimum Gasteiger partial charge on any atom is -0.391 e. The first kappa shape index (κ1) is 17.2. The van der Waals surface area contributed by atoms with Gasteiger partial charge in [0.15, 0.2) is 5.82 Å². The number of nitrogens with one attached hydrogen (secondary N) is 2. The maximum absolute atomic E-state index is 9.40. The van der Waals surface area contributed by atoms with Crippen LogP contribution in [0, 0.1) is 0 Å². The molecular weight excluding hydrogens is 340 g/mol. The summed E-state index contributed by atoms with van der Waals surface area (Å²) in [6.45, 7) is 2.75. The minimum absolute atomic E-state index is 0.413. The number of benzene rings is 1. The van der Waals surface area contributed by atoms with E-state index >= 15 is 0 Å². The molecule has 7 nitrogen and oxygen atoms in total. The number of hydrogen-bond donors (Lipinski definition) is 3. The summed E-state index contributed by atoms with van der Waals surface area (Å²) in [5, 5.41) is 20.3. The van der Waals surface area contributed by atoms with Crippen LogP contribution in [-0.2, 0) is 13.1 Å². The van der Waals surface area contributed by atoms with E-state index < -0.39 is 6.10 Å². The normalized spacial score (nSPS) is 12.0. The molecule has 3 aromatic rings. The molecule has 130 valence electrons. The molecule has 0 spiro atoms. The summed E-state index contributed by atoms with van der Waals surface area (Å²) in [7, 11) is 0. The molecule has 0 saturated carbocycles. The Balaban J connectivity index is 1.67. The first-order valence-corrected chi connectivity index (χ1v) is 8.26. The van der Waals surface area contributed by atoms with Crippen LogP contribution in [0.3, 0.4) is 0 Å². The highest BCUT2D eigenvalue weighted by atomic mass is 35.5. The lowest BCUT2D eigenvalue weighted by Gasteiger charge is -2.09. The predicted molar refractivity (Wildman–Crippen MR) is 98.0 cm³/mol. The van der Waals surface area contributed by atoms with E-state index in [0.29, 0.717) is 29.9 Å². The SMILES string of the molecule is CC(O)Cn1cc(Nc2ncc(Cl)c(NCc3ccccc3)n2)cn1. The molecule has 1 unspecified atom stereocenters. The van der Waals surface area contributed by atoms with E-state index in [2.05, 4.69) is 25.7 Å². The van der Waals surface area contributed by atoms with Gasteiger partial charge >= 0.3 is 0 Å². The number of aromatic nitrogens is 4. The summed E-state index contributed by atoms with van der Waals surface area (Å²) < 4.78 is 1.65. The minimum atomic E-state index is -0.465. The van der Waals surface area contributed by atoms with Crippen LogP contribution in [0.2, 0.25) is 5.02 Å². The Morgan fingerprint density at radius 3 is 2.80 bits per heavy atom. The quantitative estimate of drug-likeness (QED) is 0.601. The number of aliphatic hydroxyl groups is 1. The van der Waals surface area contributed by atoms with Crippen LogP contribution in [0.15, 0.2) is 48.9 Å². The lowest BCUT2D eigenvalue weighted by molar-refractivity contribution is 0.168. The fraction of sp³-hybridized carbons (Fsp3) is 0.235. The van der Waals surface area contributed by atoms with E-state index in [1.165, 1.54) is 0 Å². The maximum atomic E-state index is 9.40. The number of nitrogens with zero attached hydrogens (tertiary/aromatic N) is 4. The first-order chi connectivity index (χ1) is 12.1. The van der Waals surface area contributed by atoms with Crippen LogP contribution in [0.25, 0.3) is 0 Å². The zero-order valence-corrected chi connectivity index (χ0v) is 14.5. The van der Waals surface area contributed by atoms with Crippen molar-refractivity contribution >= 4 is 29.1 Å². The Labute approximate surface area is 150 Å². The highest BCUT2D eigenvalue weighted by molar-refractivity contribution is 6.32. The van der Waals surface area contributed by atoms with Crippen molar-refractivity contribution in [2.24, 2.45) is 0 Å². The summed E-state index contributed by atoms with van der Waals surface area (Å²) >= 11 is 6.17. The molecule has 1 aromatic carbocycles. The van der Waals surface area contributed by atoms with Gasteiger partial charge in [-0.15, -0.1) is 0 Å². The Morgan fingerprint density at radius 1 is 1.24 bits per heavy atom. The molecule has 25 heavy (non-hydrogen) atoms.